The molecule has 2 heterocycles. The number of nitrogens with zero attached hydrogens (tertiary/aromatic N) is 2. The average molecular weight is 829 g/mol. The van der Waals surface area contributed by atoms with Crippen molar-refractivity contribution in [1.29, 1.82) is 0 Å². The molecular formula is C47H45FN4O9. The Morgan fingerprint density at radius 1 is 0.574 bits per heavy atom. The van der Waals surface area contributed by atoms with Crippen molar-refractivity contribution in [2.45, 2.75) is 38.8 Å². The fourth-order valence-corrected chi connectivity index (χ4v) is 6.27. The van der Waals surface area contributed by atoms with Gasteiger partial charge in [0, 0.05) is 11.1 Å². The van der Waals surface area contributed by atoms with Gasteiger partial charge in [0.1, 0.15) is 45.8 Å². The molecule has 0 bridgehead atoms. The molecule has 6 aromatic rings. The molecule has 4 N–H and O–H groups in total. The lowest BCUT2D eigenvalue weighted by atomic mass is 10.0. The van der Waals surface area contributed by atoms with Gasteiger partial charge in [-0.05, 0) is 73.5 Å². The third kappa shape index (κ3) is 12.0. The van der Waals surface area contributed by atoms with Crippen molar-refractivity contribution in [1.82, 2.24) is 20.6 Å². The molecule has 0 aliphatic rings. The molecule has 2 amide bonds. The molecule has 0 saturated carbocycles. The number of methoxy groups -OCH3 is 3. The topological polar surface area (TPSA) is 186 Å². The number of aryl methyl sites for hydroxylation is 2. The summed E-state index contributed by atoms with van der Waals surface area (Å²) in [4.78, 5) is 57.3. The number of hydrogen-bond acceptors (Lipinski definition) is 9. The van der Waals surface area contributed by atoms with E-state index in [1.54, 1.807) is 55.6 Å². The highest BCUT2D eigenvalue weighted by molar-refractivity contribution is 5.94. The Hall–Kier alpha value is -7.61. The van der Waals surface area contributed by atoms with Gasteiger partial charge in [-0.1, -0.05) is 83.9 Å². The number of aliphatic carboxylic acids is 2. The van der Waals surface area contributed by atoms with E-state index in [0.717, 1.165) is 11.1 Å². The van der Waals surface area contributed by atoms with Gasteiger partial charge in [-0.3, -0.25) is 19.2 Å². The second-order valence-electron chi connectivity index (χ2n) is 13.8. The maximum atomic E-state index is 13.7. The van der Waals surface area contributed by atoms with Crippen LogP contribution in [0.2, 0.25) is 0 Å². The fraction of sp³-hybridized carbons (Fsp3) is 0.191. The molecule has 0 spiro atoms. The fourth-order valence-electron chi connectivity index (χ4n) is 6.27. The second kappa shape index (κ2) is 20.9. The quantitative estimate of drug-likeness (QED) is 0.0782. The standard InChI is InChI=1S/C24H24N2O5.C23H21FN2O4/c1-15-8-10-16(11-9-15)19(14-22(27)28)26-24(29)18-12-13-21(31-3)23(25-18)17-6-4-5-7-20(17)30-2;1-14-6-8-15(9-7-14)19(13-21(27)28)26-23(29)18-10-11-20(30-2)22(25-18)16-4-3-5-17(24)12-16/h4-13,19H,14H2,1-3H3,(H,26,29)(H,27,28);3-12,19H,13H2,1-2H3,(H,26,29)(H,27,28)/t2*19-/m00/s1. The summed E-state index contributed by atoms with van der Waals surface area (Å²) in [6.45, 7) is 3.86. The number of carbonyl (C=O) groups excluding carboxylic acids is 2. The van der Waals surface area contributed by atoms with Crippen LogP contribution in [0.1, 0.15) is 68.2 Å². The minimum Gasteiger partial charge on any atom is -0.496 e. The summed E-state index contributed by atoms with van der Waals surface area (Å²) in [6, 6.07) is 32.6. The van der Waals surface area contributed by atoms with Crippen molar-refractivity contribution in [3.63, 3.8) is 0 Å². The number of halogens is 1. The van der Waals surface area contributed by atoms with Crippen LogP contribution in [0.15, 0.2) is 121 Å². The Kier molecular flexibility index (Phi) is 15.2. The first-order chi connectivity index (χ1) is 29.3. The van der Waals surface area contributed by atoms with E-state index in [9.17, 15) is 33.8 Å². The Labute approximate surface area is 352 Å². The molecule has 0 aliphatic heterocycles. The number of carboxylic acids is 2. The first-order valence-electron chi connectivity index (χ1n) is 19.0. The Balaban J connectivity index is 0.000000231. The molecule has 314 valence electrons. The maximum Gasteiger partial charge on any atom is 0.305 e. The maximum absolute atomic E-state index is 13.7. The van der Waals surface area contributed by atoms with E-state index in [2.05, 4.69) is 20.6 Å². The third-order valence-corrected chi connectivity index (χ3v) is 9.41. The van der Waals surface area contributed by atoms with Gasteiger partial charge < -0.3 is 35.1 Å². The first-order valence-corrected chi connectivity index (χ1v) is 19.0. The van der Waals surface area contributed by atoms with E-state index >= 15 is 0 Å². The van der Waals surface area contributed by atoms with Gasteiger partial charge >= 0.3 is 11.9 Å². The van der Waals surface area contributed by atoms with Crippen LogP contribution in [0.3, 0.4) is 0 Å². The van der Waals surface area contributed by atoms with Crippen LogP contribution in [0.4, 0.5) is 4.39 Å². The molecule has 4 aromatic carbocycles. The van der Waals surface area contributed by atoms with Crippen LogP contribution in [-0.4, -0.2) is 65.3 Å². The zero-order valence-electron chi connectivity index (χ0n) is 34.1. The molecule has 0 radical (unpaired) electrons. The summed E-state index contributed by atoms with van der Waals surface area (Å²) >= 11 is 0. The highest BCUT2D eigenvalue weighted by Gasteiger charge is 2.23. The third-order valence-electron chi connectivity index (χ3n) is 9.41. The zero-order chi connectivity index (χ0) is 44.1. The van der Waals surface area contributed by atoms with Crippen LogP contribution >= 0.6 is 0 Å². The van der Waals surface area contributed by atoms with E-state index in [1.807, 2.05) is 68.4 Å². The lowest BCUT2D eigenvalue weighted by Crippen LogP contribution is -2.31. The predicted molar refractivity (Wildman–Crippen MR) is 226 cm³/mol. The van der Waals surface area contributed by atoms with Crippen molar-refractivity contribution in [3.05, 3.63) is 161 Å². The van der Waals surface area contributed by atoms with Crippen molar-refractivity contribution in [2.24, 2.45) is 0 Å². The number of hydrogen-bond donors (Lipinski definition) is 4. The monoisotopic (exact) mass is 828 g/mol. The summed E-state index contributed by atoms with van der Waals surface area (Å²) in [5, 5.41) is 24.1. The minimum atomic E-state index is -1.04. The molecule has 61 heavy (non-hydrogen) atoms. The van der Waals surface area contributed by atoms with Gasteiger partial charge in [0.05, 0.1) is 46.3 Å². The van der Waals surface area contributed by atoms with Gasteiger partial charge in [-0.25, -0.2) is 14.4 Å². The summed E-state index contributed by atoms with van der Waals surface area (Å²) in [5.74, 6) is -2.04. The molecule has 0 aliphatic carbocycles. The minimum absolute atomic E-state index is 0.0672. The number of nitrogens with one attached hydrogen (secondary N) is 2. The highest BCUT2D eigenvalue weighted by atomic mass is 19.1. The molecule has 6 rings (SSSR count). The van der Waals surface area contributed by atoms with Crippen molar-refractivity contribution in [3.8, 4) is 39.8 Å². The van der Waals surface area contributed by atoms with Crippen molar-refractivity contribution in [2.75, 3.05) is 21.3 Å². The number of carbonyl (C=O) groups is 4. The van der Waals surface area contributed by atoms with Gasteiger partial charge in [-0.15, -0.1) is 0 Å². The van der Waals surface area contributed by atoms with E-state index in [-0.39, 0.29) is 24.2 Å². The molecule has 13 nitrogen and oxygen atoms in total. The van der Waals surface area contributed by atoms with Gasteiger partial charge in [0.15, 0.2) is 0 Å². The molecule has 2 aromatic heterocycles. The normalized spacial score (nSPS) is 11.5. The molecule has 14 heteroatoms. The average Bonchev–Trinajstić information content (AvgIpc) is 3.25. The van der Waals surface area contributed by atoms with Crippen molar-refractivity contribution >= 4 is 23.8 Å². The van der Waals surface area contributed by atoms with Crippen LogP contribution < -0.4 is 24.8 Å². The number of pyridine rings is 2. The summed E-state index contributed by atoms with van der Waals surface area (Å²) < 4.78 is 29.8. The van der Waals surface area contributed by atoms with E-state index in [1.165, 1.54) is 32.4 Å². The zero-order valence-corrected chi connectivity index (χ0v) is 34.1. The predicted octanol–water partition coefficient (Wildman–Crippen LogP) is 8.17. The summed E-state index contributed by atoms with van der Waals surface area (Å²) in [6.07, 6.45) is -0.522. The Morgan fingerprint density at radius 2 is 1.03 bits per heavy atom. The number of carboxylic acid groups (broad SMARTS) is 2. The molecule has 0 unspecified atom stereocenters. The number of ether oxygens (including phenoxy) is 3. The van der Waals surface area contributed by atoms with E-state index < -0.39 is 41.7 Å². The second-order valence-corrected chi connectivity index (χ2v) is 13.8. The van der Waals surface area contributed by atoms with Crippen LogP contribution in [0.25, 0.3) is 22.5 Å². The summed E-state index contributed by atoms with van der Waals surface area (Å²) in [7, 11) is 4.54. The highest BCUT2D eigenvalue weighted by Crippen LogP contribution is 2.35. The Bertz CT molecular complexity index is 2490. The van der Waals surface area contributed by atoms with Crippen LogP contribution in [-0.2, 0) is 9.59 Å². The largest absolute Gasteiger partial charge is 0.496 e. The van der Waals surface area contributed by atoms with E-state index in [4.69, 9.17) is 14.2 Å². The SMILES string of the molecule is COc1ccc(C(=O)N[C@@H](CC(=O)O)c2ccc(C)cc2)nc1-c1cccc(F)c1.COc1ccccc1-c1nc(C(=O)N[C@@H](CC(=O)O)c2ccc(C)cc2)ccc1OC. The van der Waals surface area contributed by atoms with Crippen LogP contribution in [0.5, 0.6) is 17.2 Å². The van der Waals surface area contributed by atoms with Gasteiger partial charge in [-0.2, -0.15) is 0 Å². The lowest BCUT2D eigenvalue weighted by Gasteiger charge is -2.18. The number of benzene rings is 4. The van der Waals surface area contributed by atoms with Crippen LogP contribution in [0, 0.1) is 19.7 Å². The summed E-state index contributed by atoms with van der Waals surface area (Å²) in [5.41, 5.74) is 5.57. The number of aromatic nitrogens is 2. The van der Waals surface area contributed by atoms with Gasteiger partial charge in [0.25, 0.3) is 11.8 Å². The molecule has 2 atom stereocenters. The molecular weight excluding hydrogens is 784 g/mol. The van der Waals surface area contributed by atoms with Crippen molar-refractivity contribution < 1.29 is 48.0 Å². The number of rotatable bonds is 15. The number of amides is 2. The Morgan fingerprint density at radius 3 is 1.49 bits per heavy atom. The molecule has 0 saturated heterocycles. The molecule has 0 fully saturated rings. The smallest absolute Gasteiger partial charge is 0.305 e. The first kappa shape index (κ1) is 44.5. The number of para-hydroxylation sites is 1. The van der Waals surface area contributed by atoms with E-state index in [0.29, 0.717) is 50.9 Å². The lowest BCUT2D eigenvalue weighted by molar-refractivity contribution is -0.138. The van der Waals surface area contributed by atoms with Gasteiger partial charge in [0.2, 0.25) is 0 Å².